The molecule has 0 saturated heterocycles. The number of hydrogen-bond donors (Lipinski definition) is 1. The smallest absolute Gasteiger partial charge is 0.359 e. The molecule has 0 bridgehead atoms. The highest BCUT2D eigenvalue weighted by Gasteiger charge is 2.19. The first-order valence-electron chi connectivity index (χ1n) is 3.22. The Hall–Kier alpha value is 0.0900. The standard InChI is InChI=1S/C6H2Cl4O4S/c7-2-1-3(8)6(5(10)4(2)9)14-15(11,12)13/h1H,(H,11,12,13). The number of halogens is 4. The molecule has 0 amide bonds. The Balaban J connectivity index is 3.37. The van der Waals surface area contributed by atoms with Crippen LogP contribution in [0.15, 0.2) is 6.07 Å². The van der Waals surface area contributed by atoms with Crippen molar-refractivity contribution in [1.82, 2.24) is 0 Å². The van der Waals surface area contributed by atoms with Gasteiger partial charge in [-0.15, -0.1) is 0 Å². The van der Waals surface area contributed by atoms with Gasteiger partial charge < -0.3 is 4.18 Å². The van der Waals surface area contributed by atoms with E-state index in [1.54, 1.807) is 0 Å². The van der Waals surface area contributed by atoms with Gasteiger partial charge in [-0.3, -0.25) is 4.55 Å². The summed E-state index contributed by atoms with van der Waals surface area (Å²) in [5.41, 5.74) is 0. The van der Waals surface area contributed by atoms with Crippen molar-refractivity contribution in [2.24, 2.45) is 0 Å². The summed E-state index contributed by atoms with van der Waals surface area (Å²) in [5.74, 6) is -0.477. The zero-order chi connectivity index (χ0) is 11.8. The van der Waals surface area contributed by atoms with Crippen molar-refractivity contribution in [2.75, 3.05) is 0 Å². The summed E-state index contributed by atoms with van der Waals surface area (Å²) in [7, 11) is -4.72. The van der Waals surface area contributed by atoms with Crippen molar-refractivity contribution in [3.8, 4) is 5.75 Å². The molecule has 0 aliphatic rings. The van der Waals surface area contributed by atoms with Crippen LogP contribution in [0, 0.1) is 0 Å². The van der Waals surface area contributed by atoms with E-state index in [4.69, 9.17) is 51.0 Å². The molecule has 0 heterocycles. The Morgan fingerprint density at radius 3 is 2.07 bits per heavy atom. The molecule has 0 aliphatic carbocycles. The van der Waals surface area contributed by atoms with Crippen molar-refractivity contribution in [3.05, 3.63) is 26.2 Å². The molecule has 1 aromatic carbocycles. The molecule has 84 valence electrons. The molecular formula is C6H2Cl4O4S. The quantitative estimate of drug-likeness (QED) is 0.516. The summed E-state index contributed by atoms with van der Waals surface area (Å²) in [6, 6.07) is 1.14. The van der Waals surface area contributed by atoms with Gasteiger partial charge in [-0.05, 0) is 6.07 Å². The average molecular weight is 312 g/mol. The molecular weight excluding hydrogens is 310 g/mol. The van der Waals surface area contributed by atoms with Crippen LogP contribution in [0.1, 0.15) is 0 Å². The van der Waals surface area contributed by atoms with Crippen molar-refractivity contribution in [3.63, 3.8) is 0 Å². The van der Waals surface area contributed by atoms with Gasteiger partial charge in [0.25, 0.3) is 0 Å². The fraction of sp³-hybridized carbons (Fsp3) is 0. The molecule has 0 spiro atoms. The topological polar surface area (TPSA) is 63.6 Å². The molecule has 0 aromatic heterocycles. The minimum absolute atomic E-state index is 0.0364. The summed E-state index contributed by atoms with van der Waals surface area (Å²) in [6.07, 6.45) is 0. The van der Waals surface area contributed by atoms with Crippen LogP contribution in [-0.2, 0) is 10.4 Å². The van der Waals surface area contributed by atoms with Gasteiger partial charge in [0.2, 0.25) is 0 Å². The molecule has 9 heteroatoms. The van der Waals surface area contributed by atoms with Gasteiger partial charge in [-0.1, -0.05) is 46.4 Å². The third kappa shape index (κ3) is 3.27. The van der Waals surface area contributed by atoms with Crippen molar-refractivity contribution in [1.29, 1.82) is 0 Å². The molecule has 4 nitrogen and oxygen atoms in total. The third-order valence-electron chi connectivity index (χ3n) is 1.26. The molecule has 0 saturated carbocycles. The molecule has 0 radical (unpaired) electrons. The molecule has 1 rings (SSSR count). The summed E-state index contributed by atoms with van der Waals surface area (Å²) >= 11 is 22.4. The van der Waals surface area contributed by atoms with Gasteiger partial charge in [0.05, 0.1) is 15.1 Å². The van der Waals surface area contributed by atoms with Crippen LogP contribution in [0.5, 0.6) is 5.75 Å². The molecule has 0 atom stereocenters. The Kier molecular flexibility index (Phi) is 3.97. The highest BCUT2D eigenvalue weighted by atomic mass is 35.5. The van der Waals surface area contributed by atoms with Gasteiger partial charge in [-0.25, -0.2) is 0 Å². The molecule has 0 aliphatic heterocycles. The van der Waals surface area contributed by atoms with Gasteiger partial charge in [0.1, 0.15) is 5.02 Å². The second-order valence-corrected chi connectivity index (χ2v) is 4.90. The van der Waals surface area contributed by atoms with Crippen LogP contribution in [0.4, 0.5) is 0 Å². The van der Waals surface area contributed by atoms with Gasteiger partial charge >= 0.3 is 10.4 Å². The van der Waals surface area contributed by atoms with E-state index in [0.29, 0.717) is 0 Å². The predicted octanol–water partition coefficient (Wildman–Crippen LogP) is 3.48. The van der Waals surface area contributed by atoms with Crippen LogP contribution >= 0.6 is 46.4 Å². The fourth-order valence-corrected chi connectivity index (χ4v) is 2.19. The Morgan fingerprint density at radius 2 is 1.60 bits per heavy atom. The zero-order valence-corrected chi connectivity index (χ0v) is 10.5. The minimum Gasteiger partial charge on any atom is -0.359 e. The molecule has 1 N–H and O–H groups in total. The van der Waals surface area contributed by atoms with Gasteiger partial charge in [-0.2, -0.15) is 8.42 Å². The Bertz CT molecular complexity index is 498. The molecule has 1 aromatic rings. The normalized spacial score (nSPS) is 11.5. The highest BCUT2D eigenvalue weighted by molar-refractivity contribution is 7.81. The minimum atomic E-state index is -4.72. The second kappa shape index (κ2) is 4.53. The lowest BCUT2D eigenvalue weighted by Gasteiger charge is -2.08. The second-order valence-electron chi connectivity index (χ2n) is 2.31. The van der Waals surface area contributed by atoms with E-state index in [9.17, 15) is 8.42 Å². The Labute approximate surface area is 106 Å². The van der Waals surface area contributed by atoms with E-state index in [1.165, 1.54) is 0 Å². The van der Waals surface area contributed by atoms with E-state index < -0.39 is 16.1 Å². The van der Waals surface area contributed by atoms with Crippen LogP contribution in [0.25, 0.3) is 0 Å². The Morgan fingerprint density at radius 1 is 1.07 bits per heavy atom. The number of benzene rings is 1. The van der Waals surface area contributed by atoms with E-state index in [-0.39, 0.29) is 20.1 Å². The first-order chi connectivity index (χ1) is 6.72. The highest BCUT2D eigenvalue weighted by Crippen LogP contribution is 2.42. The van der Waals surface area contributed by atoms with E-state index >= 15 is 0 Å². The number of rotatable bonds is 2. The van der Waals surface area contributed by atoms with E-state index in [2.05, 4.69) is 4.18 Å². The van der Waals surface area contributed by atoms with Crippen molar-refractivity contribution in [2.45, 2.75) is 0 Å². The maximum atomic E-state index is 10.4. The summed E-state index contributed by atoms with van der Waals surface area (Å²) in [5, 5.41) is -0.574. The molecule has 0 fully saturated rings. The summed E-state index contributed by atoms with van der Waals surface area (Å²) < 4.78 is 33.4. The maximum Gasteiger partial charge on any atom is 0.446 e. The van der Waals surface area contributed by atoms with Gasteiger partial charge in [0, 0.05) is 0 Å². The lowest BCUT2D eigenvalue weighted by molar-refractivity contribution is 0.387. The monoisotopic (exact) mass is 310 g/mol. The van der Waals surface area contributed by atoms with Crippen molar-refractivity contribution >= 4 is 56.8 Å². The lowest BCUT2D eigenvalue weighted by atomic mass is 10.3. The number of hydrogen-bond acceptors (Lipinski definition) is 3. The van der Waals surface area contributed by atoms with Gasteiger partial charge in [0.15, 0.2) is 5.75 Å². The van der Waals surface area contributed by atoms with Crippen LogP contribution in [-0.4, -0.2) is 13.0 Å². The van der Waals surface area contributed by atoms with Crippen LogP contribution < -0.4 is 4.18 Å². The maximum absolute atomic E-state index is 10.4. The summed E-state index contributed by atoms with van der Waals surface area (Å²) in [6.45, 7) is 0. The lowest BCUT2D eigenvalue weighted by Crippen LogP contribution is -2.07. The van der Waals surface area contributed by atoms with Crippen LogP contribution in [0.3, 0.4) is 0 Å². The SMILES string of the molecule is O=S(=O)(O)Oc1c(Cl)cc(Cl)c(Cl)c1Cl. The predicted molar refractivity (Wildman–Crippen MR) is 58.7 cm³/mol. The van der Waals surface area contributed by atoms with Crippen molar-refractivity contribution < 1.29 is 17.2 Å². The zero-order valence-electron chi connectivity index (χ0n) is 6.67. The fourth-order valence-electron chi connectivity index (χ4n) is 0.731. The van der Waals surface area contributed by atoms with E-state index in [0.717, 1.165) is 6.07 Å². The average Bonchev–Trinajstić information content (AvgIpc) is 2.07. The molecule has 0 unspecified atom stereocenters. The first kappa shape index (κ1) is 13.2. The molecule has 15 heavy (non-hydrogen) atoms. The van der Waals surface area contributed by atoms with E-state index in [1.807, 2.05) is 0 Å². The van der Waals surface area contributed by atoms with Crippen LogP contribution in [0.2, 0.25) is 20.1 Å². The largest absolute Gasteiger partial charge is 0.446 e. The third-order valence-corrected chi connectivity index (χ3v) is 3.16. The summed E-state index contributed by atoms with van der Waals surface area (Å²) in [4.78, 5) is 0. The first-order valence-corrected chi connectivity index (χ1v) is 6.10.